The number of aromatic nitrogens is 2. The second-order valence-electron chi connectivity index (χ2n) is 7.07. The predicted octanol–water partition coefficient (Wildman–Crippen LogP) is 2.85. The van der Waals surface area contributed by atoms with E-state index in [0.717, 1.165) is 40.7 Å². The molecule has 3 rings (SSSR count). The van der Waals surface area contributed by atoms with E-state index in [0.29, 0.717) is 13.3 Å². The highest BCUT2D eigenvalue weighted by atomic mass is 32.1. The van der Waals surface area contributed by atoms with Crippen LogP contribution in [0.4, 0.5) is 10.8 Å². The Morgan fingerprint density at radius 1 is 1.48 bits per heavy atom. The Kier molecular flexibility index (Phi) is 6.62. The fourth-order valence-corrected chi connectivity index (χ4v) is 4.51. The lowest BCUT2D eigenvalue weighted by Crippen LogP contribution is -3.13. The van der Waals surface area contributed by atoms with Crippen LogP contribution in [-0.4, -0.2) is 35.4 Å². The molecule has 1 unspecified atom stereocenters. The standard InChI is InChI=1S/C19H26N4O2S2/c1-4-25-17(24)15-6-5-9-22(11-15)12-23-19(26)27-18(21-23)20-16-8-7-13(2)10-14(16)3/h7-8,10,15H,4-6,9,11-12H2,1-3H3,(H,20,21)/p+1/t15-/m1/s1. The van der Waals surface area contributed by atoms with Gasteiger partial charge in [0.1, 0.15) is 5.92 Å². The quantitative estimate of drug-likeness (QED) is 0.570. The molecule has 0 spiro atoms. The topological polar surface area (TPSA) is 60.6 Å². The first-order chi connectivity index (χ1) is 13.0. The minimum Gasteiger partial charge on any atom is -0.466 e. The van der Waals surface area contributed by atoms with E-state index in [4.69, 9.17) is 17.0 Å². The average Bonchev–Trinajstić information content (AvgIpc) is 2.97. The zero-order chi connectivity index (χ0) is 19.4. The van der Waals surface area contributed by atoms with Gasteiger partial charge < -0.3 is 15.0 Å². The van der Waals surface area contributed by atoms with Crippen molar-refractivity contribution in [1.82, 2.24) is 9.78 Å². The minimum absolute atomic E-state index is 0.0192. The van der Waals surface area contributed by atoms with Crippen LogP contribution in [0.3, 0.4) is 0 Å². The largest absolute Gasteiger partial charge is 0.466 e. The number of anilines is 2. The van der Waals surface area contributed by atoms with Gasteiger partial charge >= 0.3 is 5.97 Å². The summed E-state index contributed by atoms with van der Waals surface area (Å²) in [7, 11) is 0. The molecule has 0 aliphatic carbocycles. The van der Waals surface area contributed by atoms with Gasteiger partial charge in [-0.25, -0.2) is 0 Å². The van der Waals surface area contributed by atoms with Crippen LogP contribution in [0.15, 0.2) is 18.2 Å². The van der Waals surface area contributed by atoms with Gasteiger partial charge in [0.15, 0.2) is 10.6 Å². The predicted molar refractivity (Wildman–Crippen MR) is 110 cm³/mol. The number of nitrogens with one attached hydrogen (secondary N) is 2. The number of carbonyl (C=O) groups is 1. The van der Waals surface area contributed by atoms with Gasteiger partial charge in [0, 0.05) is 5.69 Å². The van der Waals surface area contributed by atoms with Crippen molar-refractivity contribution in [3.8, 4) is 0 Å². The van der Waals surface area contributed by atoms with Gasteiger partial charge in [-0.3, -0.25) is 4.79 Å². The van der Waals surface area contributed by atoms with E-state index in [-0.39, 0.29) is 11.9 Å². The molecule has 2 N–H and O–H groups in total. The van der Waals surface area contributed by atoms with Gasteiger partial charge in [0.2, 0.25) is 5.13 Å². The van der Waals surface area contributed by atoms with Gasteiger partial charge in [-0.15, -0.1) is 5.10 Å². The molecule has 2 aromatic rings. The van der Waals surface area contributed by atoms with Crippen LogP contribution < -0.4 is 10.2 Å². The lowest BCUT2D eigenvalue weighted by Gasteiger charge is -2.28. The number of hydrogen-bond donors (Lipinski definition) is 2. The normalized spacial score (nSPS) is 19.7. The Morgan fingerprint density at radius 2 is 2.30 bits per heavy atom. The number of aryl methyl sites for hydroxylation is 2. The van der Waals surface area contributed by atoms with Crippen molar-refractivity contribution in [2.45, 2.75) is 40.3 Å². The summed E-state index contributed by atoms with van der Waals surface area (Å²) in [5.74, 6) is -0.0944. The second-order valence-corrected chi connectivity index (χ2v) is 8.69. The number of ether oxygens (including phenoxy) is 1. The molecule has 2 atom stereocenters. The fraction of sp³-hybridized carbons (Fsp3) is 0.526. The van der Waals surface area contributed by atoms with Crippen LogP contribution in [0.25, 0.3) is 0 Å². The molecular weight excluding hydrogens is 380 g/mol. The first-order valence-corrected chi connectivity index (χ1v) is 10.6. The lowest BCUT2D eigenvalue weighted by atomic mass is 9.99. The second kappa shape index (κ2) is 8.95. The SMILES string of the molecule is CCOC(=O)[C@@H]1CCC[NH+](Cn2nc(Nc3ccc(C)cc3C)sc2=S)C1. The van der Waals surface area contributed by atoms with E-state index in [2.05, 4.69) is 42.5 Å². The smallest absolute Gasteiger partial charge is 0.314 e. The summed E-state index contributed by atoms with van der Waals surface area (Å²) in [4.78, 5) is 13.4. The molecule has 1 aliphatic rings. The van der Waals surface area contributed by atoms with E-state index < -0.39 is 0 Å². The van der Waals surface area contributed by atoms with Gasteiger partial charge in [0.05, 0.1) is 19.7 Å². The highest BCUT2D eigenvalue weighted by Crippen LogP contribution is 2.23. The number of carbonyl (C=O) groups excluding carboxylic acids is 1. The molecule has 2 heterocycles. The third-order valence-corrected chi connectivity index (χ3v) is 6.06. The maximum absolute atomic E-state index is 12.0. The Morgan fingerprint density at radius 3 is 3.04 bits per heavy atom. The van der Waals surface area contributed by atoms with Crippen molar-refractivity contribution in [2.75, 3.05) is 25.0 Å². The summed E-state index contributed by atoms with van der Waals surface area (Å²) >= 11 is 6.98. The Balaban J connectivity index is 1.66. The first kappa shape index (κ1) is 20.0. The summed E-state index contributed by atoms with van der Waals surface area (Å²) in [6, 6.07) is 6.30. The Hall–Kier alpha value is -1.77. The summed E-state index contributed by atoms with van der Waals surface area (Å²) in [6.07, 6.45) is 1.92. The van der Waals surface area contributed by atoms with Crippen molar-refractivity contribution >= 4 is 40.3 Å². The number of esters is 1. The third kappa shape index (κ3) is 5.15. The molecule has 1 fully saturated rings. The van der Waals surface area contributed by atoms with Crippen molar-refractivity contribution < 1.29 is 14.4 Å². The van der Waals surface area contributed by atoms with E-state index >= 15 is 0 Å². The number of likely N-dealkylation sites (tertiary alicyclic amines) is 1. The summed E-state index contributed by atoms with van der Waals surface area (Å²) in [5.41, 5.74) is 3.46. The van der Waals surface area contributed by atoms with Crippen LogP contribution in [0, 0.1) is 23.7 Å². The monoisotopic (exact) mass is 407 g/mol. The number of rotatable bonds is 6. The van der Waals surface area contributed by atoms with E-state index in [9.17, 15) is 4.79 Å². The molecule has 6 nitrogen and oxygen atoms in total. The van der Waals surface area contributed by atoms with Crippen LogP contribution in [-0.2, 0) is 16.2 Å². The Bertz CT molecular complexity index is 862. The zero-order valence-electron chi connectivity index (χ0n) is 16.1. The molecule has 0 radical (unpaired) electrons. The number of benzene rings is 1. The molecule has 0 saturated carbocycles. The van der Waals surface area contributed by atoms with Gasteiger partial charge in [-0.1, -0.05) is 29.0 Å². The number of quaternary nitrogens is 1. The first-order valence-electron chi connectivity index (χ1n) is 9.38. The average molecular weight is 408 g/mol. The van der Waals surface area contributed by atoms with Crippen LogP contribution >= 0.6 is 23.6 Å². The Labute approximate surface area is 169 Å². The molecule has 1 saturated heterocycles. The van der Waals surface area contributed by atoms with Crippen molar-refractivity contribution in [2.24, 2.45) is 5.92 Å². The third-order valence-electron chi connectivity index (χ3n) is 4.84. The molecular formula is C19H27N4O2S2+. The zero-order valence-corrected chi connectivity index (χ0v) is 17.7. The van der Waals surface area contributed by atoms with Gasteiger partial charge in [-0.05, 0) is 57.5 Å². The molecule has 27 heavy (non-hydrogen) atoms. The van der Waals surface area contributed by atoms with Crippen LogP contribution in [0.5, 0.6) is 0 Å². The van der Waals surface area contributed by atoms with Crippen molar-refractivity contribution in [3.05, 3.63) is 33.3 Å². The molecule has 0 amide bonds. The van der Waals surface area contributed by atoms with Crippen LogP contribution in [0.2, 0.25) is 0 Å². The maximum Gasteiger partial charge on any atom is 0.314 e. The van der Waals surface area contributed by atoms with Gasteiger partial charge in [-0.2, -0.15) is 4.68 Å². The van der Waals surface area contributed by atoms with Crippen molar-refractivity contribution in [3.63, 3.8) is 0 Å². The minimum atomic E-state index is -0.0752. The summed E-state index contributed by atoms with van der Waals surface area (Å²) < 4.78 is 7.80. The number of piperidine rings is 1. The summed E-state index contributed by atoms with van der Waals surface area (Å²) in [5, 5.41) is 8.83. The lowest BCUT2D eigenvalue weighted by molar-refractivity contribution is -0.930. The summed E-state index contributed by atoms with van der Waals surface area (Å²) in [6.45, 7) is 8.94. The van der Waals surface area contributed by atoms with E-state index in [1.807, 2.05) is 11.6 Å². The highest BCUT2D eigenvalue weighted by Gasteiger charge is 2.30. The number of nitrogens with zero attached hydrogens (tertiary/aromatic N) is 2. The molecule has 1 aromatic carbocycles. The maximum atomic E-state index is 12.0. The molecule has 1 aromatic heterocycles. The van der Waals surface area contributed by atoms with Crippen molar-refractivity contribution in [1.29, 1.82) is 0 Å². The van der Waals surface area contributed by atoms with E-state index in [1.165, 1.54) is 27.4 Å². The molecule has 146 valence electrons. The highest BCUT2D eigenvalue weighted by molar-refractivity contribution is 7.73. The molecule has 1 aliphatic heterocycles. The van der Waals surface area contributed by atoms with E-state index in [1.54, 1.807) is 0 Å². The van der Waals surface area contributed by atoms with Gasteiger partial charge in [0.25, 0.3) is 0 Å². The molecule has 0 bridgehead atoms. The fourth-order valence-electron chi connectivity index (χ4n) is 3.49. The van der Waals surface area contributed by atoms with Crippen LogP contribution in [0.1, 0.15) is 30.9 Å². The molecule has 8 heteroatoms. The number of hydrogen-bond acceptors (Lipinski definition) is 6.